The van der Waals surface area contributed by atoms with Crippen LogP contribution >= 0.6 is 0 Å². The van der Waals surface area contributed by atoms with Gasteiger partial charge in [0.2, 0.25) is 0 Å². The number of H-pyrrole nitrogens is 1. The van der Waals surface area contributed by atoms with Crippen molar-refractivity contribution in [3.8, 4) is 0 Å². The molecule has 1 aromatic rings. The van der Waals surface area contributed by atoms with Gasteiger partial charge >= 0.3 is 0 Å². The summed E-state index contributed by atoms with van der Waals surface area (Å²) < 4.78 is 4.71. The Balaban J connectivity index is 2.61. The zero-order valence-electron chi connectivity index (χ0n) is 9.82. The Labute approximate surface area is 98.6 Å². The molecule has 1 atom stereocenters. The molecule has 94 valence electrons. The molecular weight excluding hydrogens is 224 g/mol. The number of pyridine rings is 1. The van der Waals surface area contributed by atoms with E-state index in [0.717, 1.165) is 0 Å². The van der Waals surface area contributed by atoms with Crippen molar-refractivity contribution in [1.82, 2.24) is 10.3 Å². The van der Waals surface area contributed by atoms with Crippen LogP contribution < -0.4 is 10.9 Å². The summed E-state index contributed by atoms with van der Waals surface area (Å²) in [5.74, 6) is -0.513. The van der Waals surface area contributed by atoms with E-state index in [-0.39, 0.29) is 18.7 Å². The van der Waals surface area contributed by atoms with E-state index < -0.39 is 17.6 Å². The smallest absolute Gasteiger partial charge is 0.260 e. The fourth-order valence-electron chi connectivity index (χ4n) is 1.31. The number of rotatable bonds is 5. The fraction of sp³-hybridized carbons (Fsp3) is 0.455. The lowest BCUT2D eigenvalue weighted by Crippen LogP contribution is -2.36. The van der Waals surface area contributed by atoms with Crippen LogP contribution in [-0.2, 0) is 4.74 Å². The molecule has 0 saturated carbocycles. The largest absolute Gasteiger partial charge is 0.389 e. The van der Waals surface area contributed by atoms with E-state index >= 15 is 0 Å². The monoisotopic (exact) mass is 240 g/mol. The highest BCUT2D eigenvalue weighted by Gasteiger charge is 2.11. The predicted octanol–water partition coefficient (Wildman–Crippen LogP) is -0.580. The lowest BCUT2D eigenvalue weighted by molar-refractivity contribution is 0.0609. The van der Waals surface area contributed by atoms with Gasteiger partial charge in [-0.15, -0.1) is 0 Å². The van der Waals surface area contributed by atoms with E-state index in [0.29, 0.717) is 5.69 Å². The molecule has 0 aliphatic heterocycles. The maximum atomic E-state index is 11.6. The molecule has 0 aliphatic carbocycles. The third kappa shape index (κ3) is 4.01. The first-order valence-corrected chi connectivity index (χ1v) is 5.19. The normalized spacial score (nSPS) is 12.2. The number of aliphatic hydroxyl groups is 1. The number of hydrogen-bond acceptors (Lipinski definition) is 4. The number of nitrogens with one attached hydrogen (secondary N) is 2. The minimum Gasteiger partial charge on any atom is -0.389 e. The summed E-state index contributed by atoms with van der Waals surface area (Å²) in [5, 5.41) is 11.8. The van der Waals surface area contributed by atoms with Crippen molar-refractivity contribution in [1.29, 1.82) is 0 Å². The molecule has 0 radical (unpaired) electrons. The highest BCUT2D eigenvalue weighted by molar-refractivity contribution is 5.93. The van der Waals surface area contributed by atoms with Crippen molar-refractivity contribution in [3.05, 3.63) is 33.7 Å². The molecule has 3 N–H and O–H groups in total. The number of ether oxygens (including phenoxy) is 1. The van der Waals surface area contributed by atoms with E-state index in [4.69, 9.17) is 4.74 Å². The third-order valence-corrected chi connectivity index (χ3v) is 2.16. The van der Waals surface area contributed by atoms with Crippen LogP contribution in [0.4, 0.5) is 0 Å². The first-order valence-electron chi connectivity index (χ1n) is 5.19. The summed E-state index contributed by atoms with van der Waals surface area (Å²) in [6, 6.07) is 3.09. The minimum atomic E-state index is -0.784. The molecule has 0 bridgehead atoms. The molecule has 1 amide bonds. The minimum absolute atomic E-state index is 0.0280. The fourth-order valence-corrected chi connectivity index (χ4v) is 1.31. The molecule has 0 aromatic carbocycles. The Hall–Kier alpha value is -1.66. The average molecular weight is 240 g/mol. The summed E-state index contributed by atoms with van der Waals surface area (Å²) in [4.78, 5) is 25.6. The van der Waals surface area contributed by atoms with E-state index in [1.807, 2.05) is 0 Å². The second kappa shape index (κ2) is 6.17. The highest BCUT2D eigenvalue weighted by atomic mass is 16.5. The molecule has 0 spiro atoms. The summed E-state index contributed by atoms with van der Waals surface area (Å²) >= 11 is 0. The van der Waals surface area contributed by atoms with Crippen molar-refractivity contribution in [2.24, 2.45) is 0 Å². The zero-order valence-corrected chi connectivity index (χ0v) is 9.82. The number of hydrogen-bond donors (Lipinski definition) is 3. The molecule has 6 heteroatoms. The Bertz CT molecular complexity index is 441. The molecule has 0 aliphatic rings. The van der Waals surface area contributed by atoms with Gasteiger partial charge in [-0.05, 0) is 19.1 Å². The molecule has 17 heavy (non-hydrogen) atoms. The van der Waals surface area contributed by atoms with Crippen LogP contribution in [0.5, 0.6) is 0 Å². The van der Waals surface area contributed by atoms with Crippen LogP contribution in [0.25, 0.3) is 0 Å². The number of amides is 1. The van der Waals surface area contributed by atoms with Gasteiger partial charge in [0, 0.05) is 19.3 Å². The number of aromatic amines is 1. The summed E-state index contributed by atoms with van der Waals surface area (Å²) in [6.07, 6.45) is -0.784. The van der Waals surface area contributed by atoms with Gasteiger partial charge in [0.1, 0.15) is 5.56 Å². The van der Waals surface area contributed by atoms with Crippen LogP contribution in [-0.4, -0.2) is 42.4 Å². The topological polar surface area (TPSA) is 91.4 Å². The predicted molar refractivity (Wildman–Crippen MR) is 62.0 cm³/mol. The van der Waals surface area contributed by atoms with E-state index in [2.05, 4.69) is 10.3 Å². The molecule has 1 aromatic heterocycles. The maximum Gasteiger partial charge on any atom is 0.260 e. The Morgan fingerprint density at radius 3 is 2.88 bits per heavy atom. The first-order chi connectivity index (χ1) is 8.04. The molecule has 0 saturated heterocycles. The van der Waals surface area contributed by atoms with Crippen LogP contribution in [0.1, 0.15) is 16.1 Å². The number of aliphatic hydroxyl groups excluding tert-OH is 1. The van der Waals surface area contributed by atoms with Gasteiger partial charge in [-0.1, -0.05) is 0 Å². The zero-order chi connectivity index (χ0) is 12.8. The number of carbonyl (C=O) groups is 1. The first kappa shape index (κ1) is 13.4. The van der Waals surface area contributed by atoms with Gasteiger partial charge in [-0.25, -0.2) is 0 Å². The Kier molecular flexibility index (Phi) is 4.86. The molecular formula is C11H16N2O4. The summed E-state index contributed by atoms with van der Waals surface area (Å²) in [7, 11) is 1.45. The highest BCUT2D eigenvalue weighted by Crippen LogP contribution is 1.93. The molecule has 0 fully saturated rings. The van der Waals surface area contributed by atoms with Gasteiger partial charge in [-0.2, -0.15) is 0 Å². The third-order valence-electron chi connectivity index (χ3n) is 2.16. The van der Waals surface area contributed by atoms with Gasteiger partial charge in [0.25, 0.3) is 11.5 Å². The molecule has 1 unspecified atom stereocenters. The van der Waals surface area contributed by atoms with E-state index in [1.165, 1.54) is 13.2 Å². The standard InChI is InChI=1S/C11H16N2O4/c1-7-3-4-9(11(16)13-7)10(15)12-5-8(14)6-17-2/h3-4,8,14H,5-6H2,1-2H3,(H,12,15)(H,13,16). The van der Waals surface area contributed by atoms with Crippen molar-refractivity contribution < 1.29 is 14.6 Å². The molecule has 1 rings (SSSR count). The van der Waals surface area contributed by atoms with Crippen LogP contribution in [0, 0.1) is 6.92 Å². The van der Waals surface area contributed by atoms with Crippen molar-refractivity contribution in [2.45, 2.75) is 13.0 Å². The lowest BCUT2D eigenvalue weighted by Gasteiger charge is -2.10. The van der Waals surface area contributed by atoms with Crippen molar-refractivity contribution in [2.75, 3.05) is 20.3 Å². The van der Waals surface area contributed by atoms with Crippen molar-refractivity contribution >= 4 is 5.91 Å². The molecule has 6 nitrogen and oxygen atoms in total. The second-order valence-electron chi connectivity index (χ2n) is 3.70. The molecule has 1 heterocycles. The quantitative estimate of drug-likeness (QED) is 0.642. The second-order valence-corrected chi connectivity index (χ2v) is 3.70. The number of aromatic nitrogens is 1. The van der Waals surface area contributed by atoms with Gasteiger partial charge in [-0.3, -0.25) is 9.59 Å². The summed E-state index contributed by atoms with van der Waals surface area (Å²) in [6.45, 7) is 1.90. The van der Waals surface area contributed by atoms with Gasteiger partial charge in [0.15, 0.2) is 0 Å². The number of methoxy groups -OCH3 is 1. The van der Waals surface area contributed by atoms with Gasteiger partial charge in [0.05, 0.1) is 12.7 Å². The van der Waals surface area contributed by atoms with Gasteiger partial charge < -0.3 is 20.1 Å². The maximum absolute atomic E-state index is 11.6. The number of carbonyl (C=O) groups excluding carboxylic acids is 1. The number of aryl methyl sites for hydroxylation is 1. The van der Waals surface area contributed by atoms with Crippen LogP contribution in [0.2, 0.25) is 0 Å². The Morgan fingerprint density at radius 1 is 1.59 bits per heavy atom. The summed E-state index contributed by atoms with van der Waals surface area (Å²) in [5.41, 5.74) is 0.273. The Morgan fingerprint density at radius 2 is 2.29 bits per heavy atom. The van der Waals surface area contributed by atoms with Crippen LogP contribution in [0.15, 0.2) is 16.9 Å². The van der Waals surface area contributed by atoms with E-state index in [9.17, 15) is 14.7 Å². The average Bonchev–Trinajstić information content (AvgIpc) is 2.26. The van der Waals surface area contributed by atoms with Crippen LogP contribution in [0.3, 0.4) is 0 Å². The lowest BCUT2D eigenvalue weighted by atomic mass is 10.2. The van der Waals surface area contributed by atoms with E-state index in [1.54, 1.807) is 13.0 Å². The van der Waals surface area contributed by atoms with Crippen molar-refractivity contribution in [3.63, 3.8) is 0 Å². The SMILES string of the molecule is COCC(O)CNC(=O)c1ccc(C)[nH]c1=O.